The first-order valence-corrected chi connectivity index (χ1v) is 10.1. The number of carboxylic acids is 1. The molecule has 0 fully saturated rings. The average Bonchev–Trinajstić information content (AvgIpc) is 2.74. The van der Waals surface area contributed by atoms with E-state index < -0.39 is 54.5 Å². The molecule has 0 aliphatic heterocycles. The Hall–Kier alpha value is -2.98. The van der Waals surface area contributed by atoms with Crippen molar-refractivity contribution in [3.05, 3.63) is 35.9 Å². The normalized spacial score (nSPS) is 15.6. The number of benzene rings is 1. The van der Waals surface area contributed by atoms with Crippen LogP contribution < -0.4 is 21.7 Å². The topological polar surface area (TPSA) is 171 Å². The molecule has 7 N–H and O–H groups in total. The van der Waals surface area contributed by atoms with Crippen molar-refractivity contribution in [2.45, 2.75) is 57.8 Å². The van der Waals surface area contributed by atoms with Gasteiger partial charge in [0.15, 0.2) is 0 Å². The van der Waals surface area contributed by atoms with Crippen LogP contribution in [0.1, 0.15) is 32.8 Å². The van der Waals surface area contributed by atoms with Gasteiger partial charge in [0.1, 0.15) is 12.1 Å². The summed E-state index contributed by atoms with van der Waals surface area (Å²) in [6, 6.07) is 5.30. The number of hydrogen-bond acceptors (Lipinski definition) is 6. The number of aliphatic carboxylic acids is 1. The van der Waals surface area contributed by atoms with Crippen molar-refractivity contribution in [2.24, 2.45) is 11.7 Å². The molecule has 1 aromatic carbocycles. The second-order valence-corrected chi connectivity index (χ2v) is 7.50. The molecule has 0 radical (unpaired) electrons. The zero-order valence-electron chi connectivity index (χ0n) is 18.0. The van der Waals surface area contributed by atoms with Crippen molar-refractivity contribution in [3.63, 3.8) is 0 Å². The lowest BCUT2D eigenvalue weighted by atomic mass is 9.99. The van der Waals surface area contributed by atoms with Crippen molar-refractivity contribution in [1.82, 2.24) is 16.0 Å². The van der Waals surface area contributed by atoms with Crippen LogP contribution in [-0.2, 0) is 25.6 Å². The molecule has 0 bridgehead atoms. The molecule has 5 atom stereocenters. The molecule has 0 aliphatic carbocycles. The van der Waals surface area contributed by atoms with Crippen LogP contribution in [0.2, 0.25) is 0 Å². The molecule has 31 heavy (non-hydrogen) atoms. The second-order valence-electron chi connectivity index (χ2n) is 7.50. The molecule has 3 amide bonds. The third-order valence-corrected chi connectivity index (χ3v) is 4.96. The predicted octanol–water partition coefficient (Wildman–Crippen LogP) is -0.846. The zero-order valence-corrected chi connectivity index (χ0v) is 18.0. The predicted molar refractivity (Wildman–Crippen MR) is 114 cm³/mol. The van der Waals surface area contributed by atoms with Gasteiger partial charge >= 0.3 is 5.97 Å². The van der Waals surface area contributed by atoms with E-state index in [9.17, 15) is 29.4 Å². The zero-order chi connectivity index (χ0) is 23.6. The molecule has 0 heterocycles. The molecule has 1 rings (SSSR count). The first-order valence-electron chi connectivity index (χ1n) is 10.1. The Bertz CT molecular complexity index is 755. The monoisotopic (exact) mass is 436 g/mol. The summed E-state index contributed by atoms with van der Waals surface area (Å²) in [5, 5.41) is 26.4. The van der Waals surface area contributed by atoms with E-state index in [1.807, 2.05) is 13.8 Å². The van der Waals surface area contributed by atoms with Crippen LogP contribution >= 0.6 is 0 Å². The van der Waals surface area contributed by atoms with Crippen molar-refractivity contribution in [3.8, 4) is 0 Å². The highest BCUT2D eigenvalue weighted by molar-refractivity contribution is 5.92. The molecular formula is C21H32N4O6. The van der Waals surface area contributed by atoms with E-state index in [1.54, 1.807) is 30.3 Å². The van der Waals surface area contributed by atoms with E-state index in [1.165, 1.54) is 6.92 Å². The van der Waals surface area contributed by atoms with Gasteiger partial charge in [0, 0.05) is 6.42 Å². The molecule has 10 nitrogen and oxygen atoms in total. The van der Waals surface area contributed by atoms with Gasteiger partial charge in [-0.3, -0.25) is 14.4 Å². The number of nitrogens with two attached hydrogens (primary N) is 1. The van der Waals surface area contributed by atoms with E-state index >= 15 is 0 Å². The van der Waals surface area contributed by atoms with E-state index in [4.69, 9.17) is 5.73 Å². The van der Waals surface area contributed by atoms with Gasteiger partial charge in [-0.1, -0.05) is 50.6 Å². The Balaban J connectivity index is 2.70. The molecule has 0 saturated carbocycles. The van der Waals surface area contributed by atoms with Crippen molar-refractivity contribution < 1.29 is 29.4 Å². The van der Waals surface area contributed by atoms with E-state index in [2.05, 4.69) is 16.0 Å². The van der Waals surface area contributed by atoms with Crippen LogP contribution in [0, 0.1) is 5.92 Å². The van der Waals surface area contributed by atoms with Gasteiger partial charge in [0.05, 0.1) is 18.7 Å². The van der Waals surface area contributed by atoms with Crippen LogP contribution in [0.25, 0.3) is 0 Å². The van der Waals surface area contributed by atoms with Crippen LogP contribution in [0.5, 0.6) is 0 Å². The highest BCUT2D eigenvalue weighted by Crippen LogP contribution is 2.06. The largest absolute Gasteiger partial charge is 0.480 e. The molecule has 1 aromatic rings. The van der Waals surface area contributed by atoms with Gasteiger partial charge in [0.2, 0.25) is 17.7 Å². The summed E-state index contributed by atoms with van der Waals surface area (Å²) in [5.74, 6) is -3.40. The second kappa shape index (κ2) is 12.7. The molecule has 0 aliphatic rings. The van der Waals surface area contributed by atoms with Crippen molar-refractivity contribution >= 4 is 23.7 Å². The smallest absolute Gasteiger partial charge is 0.326 e. The van der Waals surface area contributed by atoms with Gasteiger partial charge in [-0.15, -0.1) is 0 Å². The van der Waals surface area contributed by atoms with Crippen LogP contribution in [0.15, 0.2) is 30.3 Å². The van der Waals surface area contributed by atoms with Gasteiger partial charge in [0.25, 0.3) is 0 Å². The third kappa shape index (κ3) is 8.73. The number of hydrogen-bond donors (Lipinski definition) is 6. The lowest BCUT2D eigenvalue weighted by Gasteiger charge is -2.24. The Morgan fingerprint density at radius 3 is 2.16 bits per heavy atom. The van der Waals surface area contributed by atoms with Crippen LogP contribution in [0.4, 0.5) is 0 Å². The number of rotatable bonds is 12. The Morgan fingerprint density at radius 1 is 1.03 bits per heavy atom. The number of carbonyl (C=O) groups excluding carboxylic acids is 3. The highest BCUT2D eigenvalue weighted by atomic mass is 16.4. The molecule has 0 spiro atoms. The van der Waals surface area contributed by atoms with E-state index in [-0.39, 0.29) is 12.3 Å². The average molecular weight is 437 g/mol. The van der Waals surface area contributed by atoms with Crippen molar-refractivity contribution in [2.75, 3.05) is 6.54 Å². The van der Waals surface area contributed by atoms with E-state index in [0.29, 0.717) is 12.0 Å². The standard InChI is InChI=1S/C21H32N4O6/c1-4-12(2)17(22)19(28)23-11-16(27)25-18(13(3)26)20(29)24-15(21(30)31)10-14-8-6-5-7-9-14/h5-9,12-13,15,17-18,26H,4,10-11,22H2,1-3H3,(H,23,28)(H,24,29)(H,25,27)(H,30,31). The lowest BCUT2D eigenvalue weighted by Crippen LogP contribution is -2.57. The lowest BCUT2D eigenvalue weighted by molar-refractivity contribution is -0.142. The van der Waals surface area contributed by atoms with Gasteiger partial charge < -0.3 is 31.9 Å². The van der Waals surface area contributed by atoms with Gasteiger partial charge in [-0.25, -0.2) is 4.79 Å². The summed E-state index contributed by atoms with van der Waals surface area (Å²) in [6.07, 6.45) is -0.571. The summed E-state index contributed by atoms with van der Waals surface area (Å²) < 4.78 is 0. The van der Waals surface area contributed by atoms with Crippen LogP contribution in [-0.4, -0.2) is 64.7 Å². The number of aliphatic hydroxyl groups is 1. The summed E-state index contributed by atoms with van der Waals surface area (Å²) in [6.45, 7) is 4.55. The molecule has 5 unspecified atom stereocenters. The Labute approximate surface area is 181 Å². The quantitative estimate of drug-likeness (QED) is 0.248. The fraction of sp³-hybridized carbons (Fsp3) is 0.524. The van der Waals surface area contributed by atoms with E-state index in [0.717, 1.165) is 0 Å². The molecule has 10 heteroatoms. The molecule has 0 saturated heterocycles. The Kier molecular flexibility index (Phi) is 10.6. The van der Waals surface area contributed by atoms with Gasteiger partial charge in [-0.2, -0.15) is 0 Å². The number of nitrogens with one attached hydrogen (secondary N) is 3. The summed E-state index contributed by atoms with van der Waals surface area (Å²) >= 11 is 0. The highest BCUT2D eigenvalue weighted by Gasteiger charge is 2.30. The van der Waals surface area contributed by atoms with Gasteiger partial charge in [-0.05, 0) is 18.4 Å². The molecule has 0 aromatic heterocycles. The maximum Gasteiger partial charge on any atom is 0.326 e. The number of carboxylic acid groups (broad SMARTS) is 1. The minimum Gasteiger partial charge on any atom is -0.480 e. The fourth-order valence-corrected chi connectivity index (χ4v) is 2.74. The third-order valence-electron chi connectivity index (χ3n) is 4.96. The first-order chi connectivity index (χ1) is 14.6. The SMILES string of the molecule is CCC(C)C(N)C(=O)NCC(=O)NC(C(=O)NC(Cc1ccccc1)C(=O)O)C(C)O. The summed E-state index contributed by atoms with van der Waals surface area (Å²) in [5.41, 5.74) is 6.50. The summed E-state index contributed by atoms with van der Waals surface area (Å²) in [4.78, 5) is 48.2. The van der Waals surface area contributed by atoms with Crippen LogP contribution in [0.3, 0.4) is 0 Å². The molecule has 172 valence electrons. The maximum atomic E-state index is 12.5. The number of amides is 3. The Morgan fingerprint density at radius 2 is 1.65 bits per heavy atom. The molecular weight excluding hydrogens is 404 g/mol. The summed E-state index contributed by atoms with van der Waals surface area (Å²) in [7, 11) is 0. The fourth-order valence-electron chi connectivity index (χ4n) is 2.74. The minimum absolute atomic E-state index is 0.0337. The maximum absolute atomic E-state index is 12.5. The number of aliphatic hydroxyl groups excluding tert-OH is 1. The van der Waals surface area contributed by atoms with Crippen molar-refractivity contribution in [1.29, 1.82) is 0 Å². The number of carbonyl (C=O) groups is 4. The first kappa shape index (κ1) is 26.1. The minimum atomic E-state index is -1.40.